The van der Waals surface area contributed by atoms with Crippen LogP contribution in [-0.4, -0.2) is 43.0 Å². The van der Waals surface area contributed by atoms with Gasteiger partial charge >= 0.3 is 6.18 Å². The molecule has 0 aromatic carbocycles. The Hall–Kier alpha value is 0.0600. The van der Waals surface area contributed by atoms with E-state index in [1.807, 2.05) is 11.8 Å². The van der Waals surface area contributed by atoms with Gasteiger partial charge in [-0.1, -0.05) is 6.92 Å². The highest BCUT2D eigenvalue weighted by Crippen LogP contribution is 2.25. The first-order chi connectivity index (χ1) is 6.99. The number of alkyl halides is 3. The molecule has 0 aliphatic carbocycles. The van der Waals surface area contributed by atoms with E-state index in [1.165, 1.54) is 0 Å². The summed E-state index contributed by atoms with van der Waals surface area (Å²) in [6.45, 7) is 1.59. The van der Waals surface area contributed by atoms with E-state index in [-0.39, 0.29) is 6.61 Å². The highest BCUT2D eigenvalue weighted by molar-refractivity contribution is 8.00. The van der Waals surface area contributed by atoms with E-state index >= 15 is 0 Å². The molecule has 15 heavy (non-hydrogen) atoms. The summed E-state index contributed by atoms with van der Waals surface area (Å²) >= 11 is 1.89. The van der Waals surface area contributed by atoms with Crippen molar-refractivity contribution in [3.05, 3.63) is 0 Å². The van der Waals surface area contributed by atoms with Gasteiger partial charge in [0.1, 0.15) is 6.61 Å². The molecule has 0 aromatic rings. The molecular formula is C9H16F3NOS. The van der Waals surface area contributed by atoms with Crippen LogP contribution in [-0.2, 0) is 4.74 Å². The van der Waals surface area contributed by atoms with Gasteiger partial charge in [0.05, 0.1) is 6.61 Å². The minimum absolute atomic E-state index is 0.118. The van der Waals surface area contributed by atoms with Gasteiger partial charge in [-0.05, 0) is 12.2 Å². The maximum absolute atomic E-state index is 11.7. The highest BCUT2D eigenvalue weighted by atomic mass is 32.2. The first-order valence-corrected chi connectivity index (χ1v) is 6.03. The van der Waals surface area contributed by atoms with Crippen molar-refractivity contribution < 1.29 is 17.9 Å². The second kappa shape index (κ2) is 5.96. The first-order valence-electron chi connectivity index (χ1n) is 4.98. The van der Waals surface area contributed by atoms with Gasteiger partial charge in [0.25, 0.3) is 0 Å². The zero-order valence-corrected chi connectivity index (χ0v) is 9.46. The van der Waals surface area contributed by atoms with Gasteiger partial charge in [0.15, 0.2) is 0 Å². The Morgan fingerprint density at radius 3 is 2.73 bits per heavy atom. The number of thioether (sulfide) groups is 1. The van der Waals surface area contributed by atoms with Gasteiger partial charge in [-0.2, -0.15) is 24.9 Å². The summed E-state index contributed by atoms with van der Waals surface area (Å²) in [5.41, 5.74) is 0. The molecule has 0 saturated carbocycles. The Morgan fingerprint density at radius 1 is 1.47 bits per heavy atom. The van der Waals surface area contributed by atoms with E-state index < -0.39 is 12.8 Å². The Kier molecular flexibility index (Phi) is 5.22. The summed E-state index contributed by atoms with van der Waals surface area (Å²) in [5.74, 6) is 1.13. The van der Waals surface area contributed by atoms with Crippen LogP contribution in [0.2, 0.25) is 0 Å². The SMILES string of the molecule is CC1SCCC1NCCOCC(F)(F)F. The van der Waals surface area contributed by atoms with Crippen LogP contribution in [0.4, 0.5) is 13.2 Å². The molecular weight excluding hydrogens is 227 g/mol. The third-order valence-corrected chi connectivity index (χ3v) is 3.62. The summed E-state index contributed by atoms with van der Waals surface area (Å²) in [6.07, 6.45) is -3.12. The summed E-state index contributed by atoms with van der Waals surface area (Å²) in [5, 5.41) is 3.75. The van der Waals surface area contributed by atoms with Gasteiger partial charge < -0.3 is 10.1 Å². The van der Waals surface area contributed by atoms with Gasteiger partial charge in [0, 0.05) is 17.8 Å². The van der Waals surface area contributed by atoms with Crippen LogP contribution in [0.5, 0.6) is 0 Å². The fourth-order valence-corrected chi connectivity index (χ4v) is 2.73. The zero-order chi connectivity index (χ0) is 11.3. The smallest absolute Gasteiger partial charge is 0.371 e. The van der Waals surface area contributed by atoms with Crippen molar-refractivity contribution in [2.45, 2.75) is 30.8 Å². The lowest BCUT2D eigenvalue weighted by Gasteiger charge is -2.16. The average Bonchev–Trinajstić information content (AvgIpc) is 2.49. The number of rotatable bonds is 5. The Bertz CT molecular complexity index is 189. The number of hydrogen-bond donors (Lipinski definition) is 1. The molecule has 0 spiro atoms. The largest absolute Gasteiger partial charge is 0.411 e. The topological polar surface area (TPSA) is 21.3 Å². The van der Waals surface area contributed by atoms with Crippen LogP contribution in [0.15, 0.2) is 0 Å². The quantitative estimate of drug-likeness (QED) is 0.747. The molecule has 2 atom stereocenters. The first kappa shape index (κ1) is 13.1. The van der Waals surface area contributed by atoms with Gasteiger partial charge in [-0.25, -0.2) is 0 Å². The van der Waals surface area contributed by atoms with E-state index in [0.29, 0.717) is 17.8 Å². The van der Waals surface area contributed by atoms with Crippen molar-refractivity contribution in [1.29, 1.82) is 0 Å². The van der Waals surface area contributed by atoms with Crippen LogP contribution >= 0.6 is 11.8 Å². The fourth-order valence-electron chi connectivity index (χ4n) is 1.50. The van der Waals surface area contributed by atoms with E-state index in [4.69, 9.17) is 0 Å². The van der Waals surface area contributed by atoms with Crippen LogP contribution in [0, 0.1) is 0 Å². The van der Waals surface area contributed by atoms with Gasteiger partial charge in [-0.3, -0.25) is 0 Å². The predicted molar refractivity (Wildman–Crippen MR) is 55.2 cm³/mol. The van der Waals surface area contributed by atoms with Gasteiger partial charge in [-0.15, -0.1) is 0 Å². The highest BCUT2D eigenvalue weighted by Gasteiger charge is 2.27. The second-order valence-corrected chi connectivity index (χ2v) is 5.08. The molecule has 1 rings (SSSR count). The van der Waals surface area contributed by atoms with Crippen LogP contribution in [0.1, 0.15) is 13.3 Å². The van der Waals surface area contributed by atoms with Crippen molar-refractivity contribution in [1.82, 2.24) is 5.32 Å². The molecule has 1 fully saturated rings. The molecule has 0 radical (unpaired) electrons. The van der Waals surface area contributed by atoms with Crippen LogP contribution in [0.3, 0.4) is 0 Å². The third-order valence-electron chi connectivity index (χ3n) is 2.29. The number of hydrogen-bond acceptors (Lipinski definition) is 3. The monoisotopic (exact) mass is 243 g/mol. The normalized spacial score (nSPS) is 27.2. The molecule has 1 heterocycles. The molecule has 1 saturated heterocycles. The molecule has 1 aliphatic heterocycles. The van der Waals surface area contributed by atoms with Crippen molar-refractivity contribution in [3.63, 3.8) is 0 Å². The Morgan fingerprint density at radius 2 is 2.20 bits per heavy atom. The lowest BCUT2D eigenvalue weighted by molar-refractivity contribution is -0.173. The van der Waals surface area contributed by atoms with E-state index in [1.54, 1.807) is 0 Å². The summed E-state index contributed by atoms with van der Waals surface area (Å²) in [7, 11) is 0. The molecule has 6 heteroatoms. The fraction of sp³-hybridized carbons (Fsp3) is 1.00. The molecule has 90 valence electrons. The standard InChI is InChI=1S/C9H16F3NOS/c1-7-8(2-5-15-7)13-3-4-14-6-9(10,11)12/h7-8,13H,2-6H2,1H3. The van der Waals surface area contributed by atoms with Gasteiger partial charge in [0.2, 0.25) is 0 Å². The lowest BCUT2D eigenvalue weighted by atomic mass is 10.2. The van der Waals surface area contributed by atoms with Crippen molar-refractivity contribution in [3.8, 4) is 0 Å². The zero-order valence-electron chi connectivity index (χ0n) is 8.64. The minimum Gasteiger partial charge on any atom is -0.371 e. The summed E-state index contributed by atoms with van der Waals surface area (Å²) in [6, 6.07) is 0.421. The Labute approximate surface area is 91.9 Å². The number of ether oxygens (including phenoxy) is 1. The average molecular weight is 243 g/mol. The maximum Gasteiger partial charge on any atom is 0.411 e. The molecule has 2 unspecified atom stereocenters. The lowest BCUT2D eigenvalue weighted by Crippen LogP contribution is -2.36. The van der Waals surface area contributed by atoms with Crippen LogP contribution in [0.25, 0.3) is 0 Å². The Balaban J connectivity index is 1.97. The molecule has 1 N–H and O–H groups in total. The van der Waals surface area contributed by atoms with E-state index in [2.05, 4.69) is 17.0 Å². The predicted octanol–water partition coefficient (Wildman–Crippen LogP) is 2.05. The van der Waals surface area contributed by atoms with Crippen molar-refractivity contribution in [2.24, 2.45) is 0 Å². The molecule has 0 aromatic heterocycles. The third kappa shape index (κ3) is 5.63. The second-order valence-electron chi connectivity index (χ2n) is 3.59. The molecule has 2 nitrogen and oxygen atoms in total. The summed E-state index contributed by atoms with van der Waals surface area (Å²) < 4.78 is 39.6. The summed E-state index contributed by atoms with van der Waals surface area (Å²) in [4.78, 5) is 0. The van der Waals surface area contributed by atoms with E-state index in [0.717, 1.165) is 12.2 Å². The number of nitrogens with one attached hydrogen (secondary N) is 1. The van der Waals surface area contributed by atoms with E-state index in [9.17, 15) is 13.2 Å². The molecule has 1 aliphatic rings. The minimum atomic E-state index is -4.21. The molecule has 0 amide bonds. The van der Waals surface area contributed by atoms with Crippen molar-refractivity contribution in [2.75, 3.05) is 25.5 Å². The van der Waals surface area contributed by atoms with Crippen LogP contribution < -0.4 is 5.32 Å². The van der Waals surface area contributed by atoms with Crippen molar-refractivity contribution >= 4 is 11.8 Å². The maximum atomic E-state index is 11.7. The number of halogens is 3. The molecule has 0 bridgehead atoms.